The van der Waals surface area contributed by atoms with Crippen molar-refractivity contribution in [3.05, 3.63) is 47.5 Å². The summed E-state index contributed by atoms with van der Waals surface area (Å²) in [5.41, 5.74) is 1.80. The highest BCUT2D eigenvalue weighted by molar-refractivity contribution is 5.69. The summed E-state index contributed by atoms with van der Waals surface area (Å²) in [7, 11) is 1.38. The van der Waals surface area contributed by atoms with E-state index in [1.165, 1.54) is 7.11 Å². The van der Waals surface area contributed by atoms with Crippen molar-refractivity contribution in [3.63, 3.8) is 0 Å². The van der Waals surface area contributed by atoms with Crippen LogP contribution >= 0.6 is 0 Å². The lowest BCUT2D eigenvalue weighted by molar-refractivity contribution is -0.140. The van der Waals surface area contributed by atoms with Gasteiger partial charge < -0.3 is 14.9 Å². The van der Waals surface area contributed by atoms with Crippen molar-refractivity contribution in [3.8, 4) is 0 Å². The largest absolute Gasteiger partial charge is 0.469 e. The monoisotopic (exact) mass is 420 g/mol. The minimum Gasteiger partial charge on any atom is -0.469 e. The molecule has 5 atom stereocenters. The molecule has 0 spiro atoms. The molecule has 0 aliphatic heterocycles. The van der Waals surface area contributed by atoms with Gasteiger partial charge in [-0.15, -0.1) is 0 Å². The van der Waals surface area contributed by atoms with E-state index in [2.05, 4.69) is 11.7 Å². The Kier molecular flexibility index (Phi) is 10.5. The topological polar surface area (TPSA) is 66.8 Å². The predicted octanol–water partition coefficient (Wildman–Crippen LogP) is 5.39. The van der Waals surface area contributed by atoms with Crippen LogP contribution in [0.1, 0.15) is 87.9 Å². The number of hydrogen-bond acceptors (Lipinski definition) is 4. The molecular weight excluding hydrogens is 383 g/mol. The number of aliphatic hydroxyl groups is 2. The number of aliphatic hydroxyl groups excluding tert-OH is 2. The normalized spacial score (nSPS) is 25.0. The SMILES string of the molecule is CCCCCC(O)c1ccc([C@@H]2[C@@H](CC=CCCCC(=O)OC)[C@H](F)C[C@H]2O)cc1. The molecule has 2 N–H and O–H groups in total. The summed E-state index contributed by atoms with van der Waals surface area (Å²) in [4.78, 5) is 11.1. The van der Waals surface area contributed by atoms with Gasteiger partial charge in [0.05, 0.1) is 19.3 Å². The lowest BCUT2D eigenvalue weighted by Gasteiger charge is -2.23. The van der Waals surface area contributed by atoms with Crippen LogP contribution in [0.25, 0.3) is 0 Å². The summed E-state index contributed by atoms with van der Waals surface area (Å²) in [6.07, 6.45) is 8.27. The molecule has 1 saturated carbocycles. The molecule has 1 fully saturated rings. The van der Waals surface area contributed by atoms with Crippen molar-refractivity contribution in [2.75, 3.05) is 7.11 Å². The average molecular weight is 421 g/mol. The smallest absolute Gasteiger partial charge is 0.305 e. The van der Waals surface area contributed by atoms with Gasteiger partial charge in [-0.3, -0.25) is 4.79 Å². The molecule has 0 bridgehead atoms. The third-order valence-corrected chi connectivity index (χ3v) is 6.15. The number of halogens is 1. The lowest BCUT2D eigenvalue weighted by atomic mass is 9.84. The van der Waals surface area contributed by atoms with Gasteiger partial charge in [0, 0.05) is 24.7 Å². The minimum absolute atomic E-state index is 0.160. The molecule has 1 aromatic carbocycles. The van der Waals surface area contributed by atoms with Crippen LogP contribution in [0, 0.1) is 5.92 Å². The molecule has 0 aromatic heterocycles. The Morgan fingerprint density at radius 1 is 1.23 bits per heavy atom. The Morgan fingerprint density at radius 2 is 1.97 bits per heavy atom. The lowest BCUT2D eigenvalue weighted by Crippen LogP contribution is -2.18. The van der Waals surface area contributed by atoms with Gasteiger partial charge in [0.1, 0.15) is 6.17 Å². The van der Waals surface area contributed by atoms with E-state index in [9.17, 15) is 19.4 Å². The van der Waals surface area contributed by atoms with Crippen molar-refractivity contribution in [2.24, 2.45) is 5.92 Å². The summed E-state index contributed by atoms with van der Waals surface area (Å²) in [5, 5.41) is 20.8. The number of ether oxygens (including phenoxy) is 1. The first-order chi connectivity index (χ1) is 14.5. The molecule has 1 aromatic rings. The maximum Gasteiger partial charge on any atom is 0.305 e. The number of unbranched alkanes of at least 4 members (excludes halogenated alkanes) is 3. The highest BCUT2D eigenvalue weighted by Gasteiger charge is 2.42. The summed E-state index contributed by atoms with van der Waals surface area (Å²) in [6.45, 7) is 2.14. The standard InChI is InChI=1S/C25H37FO4/c1-3-4-7-11-22(27)18-13-15-19(16-14-18)25-20(21(26)17-23(25)28)10-8-5-6-9-12-24(29)30-2/h5,8,13-16,20-23,25,27-28H,3-4,6-7,9-12,17H2,1-2H3/t20-,21+,22?,23+,25+/m0/s1. The Bertz CT molecular complexity index is 658. The average Bonchev–Trinajstić information content (AvgIpc) is 3.03. The second kappa shape index (κ2) is 12.9. The number of allylic oxidation sites excluding steroid dienone is 2. The molecule has 0 heterocycles. The Morgan fingerprint density at radius 3 is 2.63 bits per heavy atom. The Labute approximate surface area is 180 Å². The van der Waals surface area contributed by atoms with Gasteiger partial charge in [0.15, 0.2) is 0 Å². The number of methoxy groups -OCH3 is 1. The zero-order valence-electron chi connectivity index (χ0n) is 18.3. The number of carbonyl (C=O) groups is 1. The van der Waals surface area contributed by atoms with Gasteiger partial charge in [-0.05, 0) is 36.8 Å². The quantitative estimate of drug-likeness (QED) is 0.270. The molecule has 1 aliphatic rings. The number of hydrogen-bond donors (Lipinski definition) is 2. The van der Waals surface area contributed by atoms with E-state index in [-0.39, 0.29) is 24.2 Å². The van der Waals surface area contributed by atoms with Crippen molar-refractivity contribution in [1.82, 2.24) is 0 Å². The third-order valence-electron chi connectivity index (χ3n) is 6.15. The second-order valence-electron chi connectivity index (χ2n) is 8.36. The summed E-state index contributed by atoms with van der Waals surface area (Å²) >= 11 is 0. The van der Waals surface area contributed by atoms with Gasteiger partial charge in [0.25, 0.3) is 0 Å². The van der Waals surface area contributed by atoms with E-state index in [0.29, 0.717) is 19.3 Å². The van der Waals surface area contributed by atoms with E-state index in [1.54, 1.807) is 0 Å². The Hall–Kier alpha value is -1.72. The fourth-order valence-electron chi connectivity index (χ4n) is 4.36. The first kappa shape index (κ1) is 24.5. The number of rotatable bonds is 12. The van der Waals surface area contributed by atoms with Gasteiger partial charge in [0.2, 0.25) is 0 Å². The van der Waals surface area contributed by atoms with Crippen molar-refractivity contribution in [2.45, 2.75) is 89.0 Å². The summed E-state index contributed by atoms with van der Waals surface area (Å²) in [5.74, 6) is -0.728. The van der Waals surface area contributed by atoms with Crippen LogP contribution < -0.4 is 0 Å². The molecule has 5 heteroatoms. The number of esters is 1. The van der Waals surface area contributed by atoms with E-state index < -0.39 is 18.4 Å². The maximum atomic E-state index is 14.6. The van der Waals surface area contributed by atoms with Crippen LogP contribution in [0.3, 0.4) is 0 Å². The fraction of sp³-hybridized carbons (Fsp3) is 0.640. The first-order valence-electron chi connectivity index (χ1n) is 11.3. The van der Waals surface area contributed by atoms with Crippen molar-refractivity contribution >= 4 is 5.97 Å². The molecule has 168 valence electrons. The van der Waals surface area contributed by atoms with Gasteiger partial charge in [-0.2, -0.15) is 0 Å². The zero-order valence-corrected chi connectivity index (χ0v) is 18.3. The summed E-state index contributed by atoms with van der Waals surface area (Å²) in [6, 6.07) is 7.67. The fourth-order valence-corrected chi connectivity index (χ4v) is 4.36. The number of carbonyl (C=O) groups excluding carboxylic acids is 1. The molecular formula is C25H37FO4. The van der Waals surface area contributed by atoms with Crippen molar-refractivity contribution < 1.29 is 24.1 Å². The zero-order chi connectivity index (χ0) is 21.9. The molecule has 0 radical (unpaired) electrons. The molecule has 4 nitrogen and oxygen atoms in total. The maximum absolute atomic E-state index is 14.6. The predicted molar refractivity (Wildman–Crippen MR) is 117 cm³/mol. The number of alkyl halides is 1. The van der Waals surface area contributed by atoms with E-state index >= 15 is 0 Å². The second-order valence-corrected chi connectivity index (χ2v) is 8.36. The molecule has 0 saturated heterocycles. The van der Waals surface area contributed by atoms with E-state index in [1.807, 2.05) is 36.4 Å². The third kappa shape index (κ3) is 7.21. The van der Waals surface area contributed by atoms with Gasteiger partial charge in [-0.25, -0.2) is 4.39 Å². The Balaban J connectivity index is 1.94. The van der Waals surface area contributed by atoms with Crippen LogP contribution in [-0.4, -0.2) is 35.6 Å². The van der Waals surface area contributed by atoms with E-state index in [4.69, 9.17) is 0 Å². The van der Waals surface area contributed by atoms with Crippen LogP contribution in [0.5, 0.6) is 0 Å². The van der Waals surface area contributed by atoms with Crippen LogP contribution in [0.15, 0.2) is 36.4 Å². The molecule has 2 rings (SSSR count). The van der Waals surface area contributed by atoms with Crippen LogP contribution in [0.2, 0.25) is 0 Å². The molecule has 0 amide bonds. The van der Waals surface area contributed by atoms with Crippen LogP contribution in [-0.2, 0) is 9.53 Å². The minimum atomic E-state index is -1.04. The molecule has 1 aliphatic carbocycles. The highest BCUT2D eigenvalue weighted by atomic mass is 19.1. The van der Waals surface area contributed by atoms with Crippen LogP contribution in [0.4, 0.5) is 4.39 Å². The van der Waals surface area contributed by atoms with Gasteiger partial charge >= 0.3 is 5.97 Å². The van der Waals surface area contributed by atoms with Gasteiger partial charge in [-0.1, -0.05) is 62.6 Å². The summed E-state index contributed by atoms with van der Waals surface area (Å²) < 4.78 is 19.2. The molecule has 1 unspecified atom stereocenters. The number of benzene rings is 1. The van der Waals surface area contributed by atoms with E-state index in [0.717, 1.165) is 43.2 Å². The highest BCUT2D eigenvalue weighted by Crippen LogP contribution is 2.44. The van der Waals surface area contributed by atoms with Crippen molar-refractivity contribution in [1.29, 1.82) is 0 Å². The first-order valence-corrected chi connectivity index (χ1v) is 11.3. The molecule has 30 heavy (non-hydrogen) atoms.